The zero-order valence-electron chi connectivity index (χ0n) is 9.47. The van der Waals surface area contributed by atoms with Crippen molar-refractivity contribution >= 4 is 38.9 Å². The molecule has 1 aromatic heterocycles. The van der Waals surface area contributed by atoms with Gasteiger partial charge in [-0.25, -0.2) is 0 Å². The number of benzene rings is 1. The molecule has 1 unspecified atom stereocenters. The molecule has 5 heteroatoms. The predicted molar refractivity (Wildman–Crippen MR) is 76.6 cm³/mol. The standard InChI is InChI=1S/C13H11BrN2OS/c14-9-4-1-5-10-11(9)12(15)13(17)16(10)7-8-3-2-6-18-8/h1-6,12H,7,15H2. The van der Waals surface area contributed by atoms with E-state index < -0.39 is 6.04 Å². The number of fused-ring (bicyclic) bond motifs is 1. The van der Waals surface area contributed by atoms with Crippen molar-refractivity contribution in [3.05, 3.63) is 50.6 Å². The molecule has 1 aromatic carbocycles. The maximum absolute atomic E-state index is 12.2. The molecular weight excluding hydrogens is 312 g/mol. The molecule has 0 radical (unpaired) electrons. The number of nitrogens with zero attached hydrogens (tertiary/aromatic N) is 1. The number of rotatable bonds is 2. The molecule has 0 fully saturated rings. The van der Waals surface area contributed by atoms with Crippen LogP contribution in [0.4, 0.5) is 5.69 Å². The Morgan fingerprint density at radius 3 is 2.89 bits per heavy atom. The van der Waals surface area contributed by atoms with Gasteiger partial charge in [-0.2, -0.15) is 0 Å². The Morgan fingerprint density at radius 1 is 1.33 bits per heavy atom. The maximum atomic E-state index is 12.2. The lowest BCUT2D eigenvalue weighted by atomic mass is 10.1. The number of nitrogens with two attached hydrogens (primary N) is 1. The van der Waals surface area contributed by atoms with Crippen LogP contribution in [0.3, 0.4) is 0 Å². The van der Waals surface area contributed by atoms with Gasteiger partial charge in [0, 0.05) is 14.9 Å². The minimum absolute atomic E-state index is 0.0368. The third kappa shape index (κ3) is 1.79. The number of carbonyl (C=O) groups is 1. The van der Waals surface area contributed by atoms with Crippen LogP contribution in [0.5, 0.6) is 0 Å². The van der Waals surface area contributed by atoms with Crippen LogP contribution in [0.25, 0.3) is 0 Å². The van der Waals surface area contributed by atoms with Gasteiger partial charge in [0.2, 0.25) is 5.91 Å². The zero-order valence-corrected chi connectivity index (χ0v) is 11.9. The molecule has 2 N–H and O–H groups in total. The SMILES string of the molecule is NC1C(=O)N(Cc2cccs2)c2cccc(Br)c21. The predicted octanol–water partition coefficient (Wildman–Crippen LogP) is 3.06. The fraction of sp³-hybridized carbons (Fsp3) is 0.154. The van der Waals surface area contributed by atoms with Crippen LogP contribution in [0.15, 0.2) is 40.2 Å². The molecule has 0 saturated carbocycles. The highest BCUT2D eigenvalue weighted by atomic mass is 79.9. The summed E-state index contributed by atoms with van der Waals surface area (Å²) in [6.45, 7) is 0.591. The molecular formula is C13H11BrN2OS. The van der Waals surface area contributed by atoms with Crippen LogP contribution in [0.1, 0.15) is 16.5 Å². The van der Waals surface area contributed by atoms with Gasteiger partial charge in [-0.15, -0.1) is 11.3 Å². The number of halogens is 1. The summed E-state index contributed by atoms with van der Waals surface area (Å²) in [5, 5.41) is 2.01. The lowest BCUT2D eigenvalue weighted by Crippen LogP contribution is -2.30. The Morgan fingerprint density at radius 2 is 2.17 bits per heavy atom. The van der Waals surface area contributed by atoms with Crippen molar-refractivity contribution in [3.63, 3.8) is 0 Å². The van der Waals surface area contributed by atoms with Gasteiger partial charge in [0.05, 0.1) is 12.2 Å². The topological polar surface area (TPSA) is 46.3 Å². The summed E-state index contributed by atoms with van der Waals surface area (Å²) in [6, 6.07) is 9.24. The van der Waals surface area contributed by atoms with Gasteiger partial charge in [-0.3, -0.25) is 4.79 Å². The normalized spacial score (nSPS) is 18.2. The molecule has 92 valence electrons. The summed E-state index contributed by atoms with van der Waals surface area (Å²) in [7, 11) is 0. The van der Waals surface area contributed by atoms with E-state index in [0.29, 0.717) is 6.54 Å². The molecule has 18 heavy (non-hydrogen) atoms. The van der Waals surface area contributed by atoms with Crippen LogP contribution >= 0.6 is 27.3 Å². The average molecular weight is 323 g/mol. The number of anilines is 1. The first kappa shape index (κ1) is 11.9. The quantitative estimate of drug-likeness (QED) is 0.923. The van der Waals surface area contributed by atoms with Crippen LogP contribution in [-0.2, 0) is 11.3 Å². The fourth-order valence-corrected chi connectivity index (χ4v) is 3.50. The summed E-state index contributed by atoms with van der Waals surface area (Å²) in [6.07, 6.45) is 0. The van der Waals surface area contributed by atoms with Crippen molar-refractivity contribution in [2.45, 2.75) is 12.6 Å². The Balaban J connectivity index is 2.02. The van der Waals surface area contributed by atoms with Gasteiger partial charge in [0.25, 0.3) is 0 Å². The number of amides is 1. The molecule has 2 aromatic rings. The molecule has 0 bridgehead atoms. The smallest absolute Gasteiger partial charge is 0.248 e. The highest BCUT2D eigenvalue weighted by Crippen LogP contribution is 2.40. The van der Waals surface area contributed by atoms with E-state index >= 15 is 0 Å². The van der Waals surface area contributed by atoms with E-state index in [2.05, 4.69) is 15.9 Å². The van der Waals surface area contributed by atoms with Crippen LogP contribution in [0.2, 0.25) is 0 Å². The van der Waals surface area contributed by atoms with E-state index in [1.807, 2.05) is 35.7 Å². The van der Waals surface area contributed by atoms with Crippen molar-refractivity contribution in [1.29, 1.82) is 0 Å². The first-order valence-corrected chi connectivity index (χ1v) is 7.23. The number of hydrogen-bond acceptors (Lipinski definition) is 3. The molecule has 3 nitrogen and oxygen atoms in total. The molecule has 0 aliphatic carbocycles. The Kier molecular flexibility index (Phi) is 2.97. The van der Waals surface area contributed by atoms with Crippen LogP contribution in [0, 0.1) is 0 Å². The van der Waals surface area contributed by atoms with E-state index in [0.717, 1.165) is 20.6 Å². The first-order valence-electron chi connectivity index (χ1n) is 5.56. The minimum atomic E-state index is -0.560. The van der Waals surface area contributed by atoms with E-state index in [1.165, 1.54) is 0 Å². The Hall–Kier alpha value is -1.17. The zero-order chi connectivity index (χ0) is 12.7. The van der Waals surface area contributed by atoms with E-state index in [4.69, 9.17) is 5.73 Å². The maximum Gasteiger partial charge on any atom is 0.248 e. The minimum Gasteiger partial charge on any atom is -0.316 e. The number of hydrogen-bond donors (Lipinski definition) is 1. The van der Waals surface area contributed by atoms with E-state index in [-0.39, 0.29) is 5.91 Å². The fourth-order valence-electron chi connectivity index (χ4n) is 2.20. The molecule has 1 aliphatic heterocycles. The largest absolute Gasteiger partial charge is 0.316 e. The Bertz CT molecular complexity index is 597. The highest BCUT2D eigenvalue weighted by Gasteiger charge is 2.36. The molecule has 2 heterocycles. The third-order valence-electron chi connectivity index (χ3n) is 3.06. The average Bonchev–Trinajstić information content (AvgIpc) is 2.94. The van der Waals surface area contributed by atoms with Crippen molar-refractivity contribution in [2.75, 3.05) is 4.90 Å². The van der Waals surface area contributed by atoms with Gasteiger partial charge in [0.15, 0.2) is 0 Å². The summed E-state index contributed by atoms with van der Waals surface area (Å²) in [4.78, 5) is 15.1. The van der Waals surface area contributed by atoms with Gasteiger partial charge >= 0.3 is 0 Å². The molecule has 3 rings (SSSR count). The molecule has 1 amide bonds. The molecule has 0 spiro atoms. The second-order valence-electron chi connectivity index (χ2n) is 4.15. The summed E-state index contributed by atoms with van der Waals surface area (Å²) in [5.41, 5.74) is 7.79. The van der Waals surface area contributed by atoms with E-state index in [1.54, 1.807) is 16.2 Å². The van der Waals surface area contributed by atoms with Crippen LogP contribution in [-0.4, -0.2) is 5.91 Å². The Labute approximate surface area is 117 Å². The second kappa shape index (κ2) is 4.50. The summed E-state index contributed by atoms with van der Waals surface area (Å²) in [5.74, 6) is -0.0368. The summed E-state index contributed by atoms with van der Waals surface area (Å²) < 4.78 is 0.898. The highest BCUT2D eigenvalue weighted by molar-refractivity contribution is 9.10. The van der Waals surface area contributed by atoms with Gasteiger partial charge in [-0.05, 0) is 23.6 Å². The van der Waals surface area contributed by atoms with Crippen molar-refractivity contribution in [3.8, 4) is 0 Å². The third-order valence-corrected chi connectivity index (χ3v) is 4.61. The van der Waals surface area contributed by atoms with Gasteiger partial charge in [0.1, 0.15) is 6.04 Å². The number of thiophene rings is 1. The first-order chi connectivity index (χ1) is 8.68. The number of carbonyl (C=O) groups excluding carboxylic acids is 1. The molecule has 1 atom stereocenters. The summed E-state index contributed by atoms with van der Waals surface area (Å²) >= 11 is 5.11. The van der Waals surface area contributed by atoms with Crippen LogP contribution < -0.4 is 10.6 Å². The van der Waals surface area contributed by atoms with Gasteiger partial charge in [-0.1, -0.05) is 28.1 Å². The second-order valence-corrected chi connectivity index (χ2v) is 6.04. The lowest BCUT2D eigenvalue weighted by Gasteiger charge is -2.16. The monoisotopic (exact) mass is 322 g/mol. The van der Waals surface area contributed by atoms with Crippen molar-refractivity contribution in [2.24, 2.45) is 5.73 Å². The van der Waals surface area contributed by atoms with Crippen molar-refractivity contribution < 1.29 is 4.79 Å². The molecule has 0 saturated heterocycles. The molecule has 1 aliphatic rings. The van der Waals surface area contributed by atoms with E-state index in [9.17, 15) is 4.79 Å². The van der Waals surface area contributed by atoms with Crippen molar-refractivity contribution in [1.82, 2.24) is 0 Å². The lowest BCUT2D eigenvalue weighted by molar-refractivity contribution is -0.119. The van der Waals surface area contributed by atoms with Gasteiger partial charge < -0.3 is 10.6 Å².